The molecule has 1 saturated heterocycles. The minimum Gasteiger partial charge on any atom is -0.495 e. The summed E-state index contributed by atoms with van der Waals surface area (Å²) in [5, 5.41) is 3.55. The lowest BCUT2D eigenvalue weighted by atomic mass is 10.3. The predicted molar refractivity (Wildman–Crippen MR) is 128 cm³/mol. The van der Waals surface area contributed by atoms with Crippen LogP contribution in [0.15, 0.2) is 53.4 Å². The van der Waals surface area contributed by atoms with Crippen molar-refractivity contribution in [2.45, 2.75) is 11.8 Å². The predicted octanol–water partition coefficient (Wildman–Crippen LogP) is 3.83. The Morgan fingerprint density at radius 2 is 1.73 bits per heavy atom. The lowest BCUT2D eigenvalue weighted by molar-refractivity contribution is 0.122. The molecule has 1 fully saturated rings. The van der Waals surface area contributed by atoms with E-state index in [1.54, 1.807) is 30.3 Å². The minimum atomic E-state index is -3.89. The smallest absolute Gasteiger partial charge is 0.265 e. The van der Waals surface area contributed by atoms with Gasteiger partial charge >= 0.3 is 0 Å². The van der Waals surface area contributed by atoms with Crippen LogP contribution in [0.3, 0.4) is 0 Å². The zero-order valence-corrected chi connectivity index (χ0v) is 19.8. The highest BCUT2D eigenvalue weighted by Crippen LogP contribution is 2.29. The summed E-state index contributed by atoms with van der Waals surface area (Å²) in [5.74, 6) is 1.52. The molecule has 1 aliphatic rings. The molecule has 174 valence electrons. The molecule has 0 aliphatic carbocycles. The number of hydrogen-bond acceptors (Lipinski definition) is 8. The highest BCUT2D eigenvalue weighted by atomic mass is 35.5. The quantitative estimate of drug-likeness (QED) is 0.516. The van der Waals surface area contributed by atoms with Crippen molar-refractivity contribution in [1.82, 2.24) is 9.97 Å². The van der Waals surface area contributed by atoms with Crippen molar-refractivity contribution in [3.8, 4) is 5.75 Å². The summed E-state index contributed by atoms with van der Waals surface area (Å²) < 4.78 is 38.8. The van der Waals surface area contributed by atoms with Crippen LogP contribution in [-0.2, 0) is 14.8 Å². The first-order chi connectivity index (χ1) is 15.8. The number of morpholine rings is 1. The number of methoxy groups -OCH3 is 1. The second-order valence-corrected chi connectivity index (χ2v) is 9.48. The number of hydrogen-bond donors (Lipinski definition) is 2. The number of aryl methyl sites for hydroxylation is 1. The van der Waals surface area contributed by atoms with Crippen molar-refractivity contribution in [3.05, 3.63) is 59.2 Å². The Bertz CT molecular complexity index is 1230. The summed E-state index contributed by atoms with van der Waals surface area (Å²) in [4.78, 5) is 11.2. The number of nitrogens with one attached hydrogen (secondary N) is 2. The second-order valence-electron chi connectivity index (χ2n) is 7.40. The molecule has 0 spiro atoms. The number of aromatic nitrogens is 2. The molecule has 11 heteroatoms. The Balaban J connectivity index is 1.49. The molecule has 1 aliphatic heterocycles. The fraction of sp³-hybridized carbons (Fsp3) is 0.273. The molecular weight excluding hydrogens is 466 g/mol. The number of sulfonamides is 1. The normalized spacial score (nSPS) is 14.1. The summed E-state index contributed by atoms with van der Waals surface area (Å²) in [6.07, 6.45) is 0. The topological polar surface area (TPSA) is 106 Å². The summed E-state index contributed by atoms with van der Waals surface area (Å²) in [7, 11) is -2.49. The average molecular weight is 490 g/mol. The second kappa shape index (κ2) is 9.82. The van der Waals surface area contributed by atoms with E-state index in [1.165, 1.54) is 19.2 Å². The van der Waals surface area contributed by atoms with E-state index in [4.69, 9.17) is 21.1 Å². The molecule has 2 heterocycles. The monoisotopic (exact) mass is 489 g/mol. The number of ether oxygens (including phenoxy) is 2. The van der Waals surface area contributed by atoms with Gasteiger partial charge in [0, 0.05) is 41.2 Å². The van der Waals surface area contributed by atoms with Crippen LogP contribution in [-0.4, -0.2) is 51.8 Å². The lowest BCUT2D eigenvalue weighted by Gasteiger charge is -2.27. The van der Waals surface area contributed by atoms with Gasteiger partial charge in [0.2, 0.25) is 5.95 Å². The molecule has 4 rings (SSSR count). The molecule has 0 atom stereocenters. The fourth-order valence-corrected chi connectivity index (χ4v) is 4.85. The van der Waals surface area contributed by atoms with E-state index in [-0.39, 0.29) is 10.6 Å². The van der Waals surface area contributed by atoms with Gasteiger partial charge in [-0.15, -0.1) is 0 Å². The van der Waals surface area contributed by atoms with Crippen LogP contribution in [0.2, 0.25) is 5.02 Å². The number of nitrogens with zero attached hydrogens (tertiary/aromatic N) is 3. The van der Waals surface area contributed by atoms with Crippen LogP contribution < -0.4 is 19.7 Å². The zero-order chi connectivity index (χ0) is 23.4. The van der Waals surface area contributed by atoms with E-state index in [2.05, 4.69) is 24.9 Å². The van der Waals surface area contributed by atoms with Crippen molar-refractivity contribution in [2.75, 3.05) is 48.4 Å². The van der Waals surface area contributed by atoms with E-state index in [1.807, 2.05) is 13.0 Å². The van der Waals surface area contributed by atoms with Crippen LogP contribution in [0, 0.1) is 6.92 Å². The largest absolute Gasteiger partial charge is 0.495 e. The van der Waals surface area contributed by atoms with Gasteiger partial charge in [-0.2, -0.15) is 4.98 Å². The summed E-state index contributed by atoms with van der Waals surface area (Å²) >= 11 is 5.98. The maximum Gasteiger partial charge on any atom is 0.265 e. The van der Waals surface area contributed by atoms with Crippen molar-refractivity contribution in [1.29, 1.82) is 0 Å². The SMILES string of the molecule is COc1ccc(Cl)cc1S(=O)(=O)Nc1ccc(Nc2cc(C)nc(N3CCOCC3)n2)cc1. The third-order valence-corrected chi connectivity index (χ3v) is 6.60. The highest BCUT2D eigenvalue weighted by molar-refractivity contribution is 7.92. The van der Waals surface area contributed by atoms with Crippen molar-refractivity contribution in [2.24, 2.45) is 0 Å². The minimum absolute atomic E-state index is 0.0354. The Labute approximate surface area is 197 Å². The van der Waals surface area contributed by atoms with Gasteiger partial charge in [0.25, 0.3) is 10.0 Å². The van der Waals surface area contributed by atoms with Gasteiger partial charge in [0.15, 0.2) is 0 Å². The highest BCUT2D eigenvalue weighted by Gasteiger charge is 2.20. The maximum absolute atomic E-state index is 12.8. The van der Waals surface area contributed by atoms with E-state index in [0.29, 0.717) is 35.7 Å². The Hall–Kier alpha value is -3.08. The molecule has 2 aromatic carbocycles. The number of benzene rings is 2. The third-order valence-electron chi connectivity index (χ3n) is 4.96. The molecule has 3 aromatic rings. The molecule has 2 N–H and O–H groups in total. The van der Waals surface area contributed by atoms with Gasteiger partial charge in [-0.3, -0.25) is 4.72 Å². The fourth-order valence-electron chi connectivity index (χ4n) is 3.36. The zero-order valence-electron chi connectivity index (χ0n) is 18.2. The Kier molecular flexibility index (Phi) is 6.87. The molecule has 0 amide bonds. The molecular formula is C22H24ClN5O4S. The first-order valence-corrected chi connectivity index (χ1v) is 12.1. The molecule has 0 bridgehead atoms. The van der Waals surface area contributed by atoms with Gasteiger partial charge in [0.1, 0.15) is 16.5 Å². The van der Waals surface area contributed by atoms with Crippen molar-refractivity contribution >= 4 is 44.8 Å². The third kappa shape index (κ3) is 5.65. The van der Waals surface area contributed by atoms with E-state index in [9.17, 15) is 8.42 Å². The van der Waals surface area contributed by atoms with Crippen LogP contribution in [0.5, 0.6) is 5.75 Å². The van der Waals surface area contributed by atoms with Gasteiger partial charge < -0.3 is 19.7 Å². The molecule has 1 aromatic heterocycles. The number of anilines is 4. The maximum atomic E-state index is 12.8. The van der Waals surface area contributed by atoms with E-state index in [0.717, 1.165) is 24.5 Å². The summed E-state index contributed by atoms with van der Waals surface area (Å²) in [5.41, 5.74) is 1.99. The van der Waals surface area contributed by atoms with E-state index < -0.39 is 10.0 Å². The van der Waals surface area contributed by atoms with Crippen LogP contribution in [0.4, 0.5) is 23.1 Å². The molecule has 0 saturated carbocycles. The molecule has 33 heavy (non-hydrogen) atoms. The van der Waals surface area contributed by atoms with Gasteiger partial charge in [-0.25, -0.2) is 13.4 Å². The Morgan fingerprint density at radius 1 is 1.03 bits per heavy atom. The van der Waals surface area contributed by atoms with E-state index >= 15 is 0 Å². The number of rotatable bonds is 7. The van der Waals surface area contributed by atoms with Crippen molar-refractivity contribution < 1.29 is 17.9 Å². The van der Waals surface area contributed by atoms with Crippen LogP contribution in [0.25, 0.3) is 0 Å². The Morgan fingerprint density at radius 3 is 2.42 bits per heavy atom. The first-order valence-electron chi connectivity index (χ1n) is 10.3. The van der Waals surface area contributed by atoms with Gasteiger partial charge in [-0.05, 0) is 49.4 Å². The van der Waals surface area contributed by atoms with Crippen LogP contribution in [0.1, 0.15) is 5.69 Å². The first kappa shape index (κ1) is 23.1. The molecule has 0 unspecified atom stereocenters. The van der Waals surface area contributed by atoms with Crippen molar-refractivity contribution in [3.63, 3.8) is 0 Å². The summed E-state index contributed by atoms with van der Waals surface area (Å²) in [6.45, 7) is 4.71. The standard InChI is InChI=1S/C22H24ClN5O4S/c1-15-13-21(26-22(24-15)28-9-11-32-12-10-28)25-17-4-6-18(7-5-17)27-33(29,30)20-14-16(23)3-8-19(20)31-2/h3-8,13-14,27H,9-12H2,1-2H3,(H,24,25,26). The van der Waals surface area contributed by atoms with Crippen LogP contribution >= 0.6 is 11.6 Å². The average Bonchev–Trinajstić information content (AvgIpc) is 2.80. The molecule has 9 nitrogen and oxygen atoms in total. The summed E-state index contributed by atoms with van der Waals surface area (Å²) in [6, 6.07) is 13.1. The number of halogens is 1. The lowest BCUT2D eigenvalue weighted by Crippen LogP contribution is -2.37. The van der Waals surface area contributed by atoms with Gasteiger partial charge in [-0.1, -0.05) is 11.6 Å². The molecule has 0 radical (unpaired) electrons. The van der Waals surface area contributed by atoms with Gasteiger partial charge in [0.05, 0.1) is 20.3 Å².